The predicted molar refractivity (Wildman–Crippen MR) is 89.0 cm³/mol. The molecule has 0 saturated carbocycles. The first kappa shape index (κ1) is 15.0. The monoisotopic (exact) mass is 307 g/mol. The van der Waals surface area contributed by atoms with Crippen LogP contribution in [0.3, 0.4) is 0 Å². The van der Waals surface area contributed by atoms with Crippen molar-refractivity contribution in [3.63, 3.8) is 0 Å². The average molecular weight is 307 g/mol. The Morgan fingerprint density at radius 3 is 2.48 bits per heavy atom. The molecule has 0 radical (unpaired) electrons. The summed E-state index contributed by atoms with van der Waals surface area (Å²) in [6.45, 7) is 1.78. The SMILES string of the molecule is Cc1c(C(=O)O)nc2c(O)cccc2c1CCc1ccccc1. The van der Waals surface area contributed by atoms with Crippen molar-refractivity contribution in [2.45, 2.75) is 19.8 Å². The van der Waals surface area contributed by atoms with Gasteiger partial charge in [-0.2, -0.15) is 0 Å². The van der Waals surface area contributed by atoms with Crippen LogP contribution in [0.4, 0.5) is 0 Å². The van der Waals surface area contributed by atoms with Gasteiger partial charge in [0.1, 0.15) is 11.3 Å². The molecule has 23 heavy (non-hydrogen) atoms. The Hall–Kier alpha value is -2.88. The second-order valence-corrected chi connectivity index (χ2v) is 5.53. The van der Waals surface area contributed by atoms with Gasteiger partial charge in [-0.1, -0.05) is 42.5 Å². The van der Waals surface area contributed by atoms with Gasteiger partial charge in [-0.3, -0.25) is 0 Å². The van der Waals surface area contributed by atoms with Gasteiger partial charge in [0.25, 0.3) is 0 Å². The second-order valence-electron chi connectivity index (χ2n) is 5.53. The van der Waals surface area contributed by atoms with Crippen molar-refractivity contribution in [1.29, 1.82) is 0 Å². The van der Waals surface area contributed by atoms with Crippen LogP contribution in [0.25, 0.3) is 10.9 Å². The quantitative estimate of drug-likeness (QED) is 0.770. The topological polar surface area (TPSA) is 70.4 Å². The van der Waals surface area contributed by atoms with Crippen molar-refractivity contribution >= 4 is 16.9 Å². The number of para-hydroxylation sites is 1. The minimum absolute atomic E-state index is 0.00191. The summed E-state index contributed by atoms with van der Waals surface area (Å²) in [5.41, 5.74) is 3.12. The molecule has 1 heterocycles. The van der Waals surface area contributed by atoms with Crippen molar-refractivity contribution in [2.24, 2.45) is 0 Å². The molecule has 0 bridgehead atoms. The highest BCUT2D eigenvalue weighted by molar-refractivity contribution is 5.95. The van der Waals surface area contributed by atoms with E-state index in [1.807, 2.05) is 36.4 Å². The molecule has 0 unspecified atom stereocenters. The molecule has 0 fully saturated rings. The van der Waals surface area contributed by atoms with Gasteiger partial charge in [-0.25, -0.2) is 9.78 Å². The number of rotatable bonds is 4. The fourth-order valence-electron chi connectivity index (χ4n) is 2.88. The van der Waals surface area contributed by atoms with Crippen LogP contribution in [0.1, 0.15) is 27.2 Å². The molecule has 2 aromatic carbocycles. The highest BCUT2D eigenvalue weighted by Crippen LogP contribution is 2.29. The van der Waals surface area contributed by atoms with Gasteiger partial charge in [0.05, 0.1) is 0 Å². The molecule has 0 aliphatic rings. The zero-order valence-electron chi connectivity index (χ0n) is 12.8. The van der Waals surface area contributed by atoms with Gasteiger partial charge in [0.15, 0.2) is 5.69 Å². The van der Waals surface area contributed by atoms with Crippen LogP contribution in [0.5, 0.6) is 5.75 Å². The third-order valence-corrected chi connectivity index (χ3v) is 4.08. The smallest absolute Gasteiger partial charge is 0.354 e. The van der Waals surface area contributed by atoms with Gasteiger partial charge >= 0.3 is 5.97 Å². The summed E-state index contributed by atoms with van der Waals surface area (Å²) in [7, 11) is 0. The largest absolute Gasteiger partial charge is 0.506 e. The van der Waals surface area contributed by atoms with Crippen LogP contribution in [0.2, 0.25) is 0 Å². The fraction of sp³-hybridized carbons (Fsp3) is 0.158. The molecule has 4 nitrogen and oxygen atoms in total. The average Bonchev–Trinajstić information content (AvgIpc) is 2.54. The number of carbonyl (C=O) groups is 1. The maximum absolute atomic E-state index is 11.5. The number of carboxylic acids is 1. The van der Waals surface area contributed by atoms with Gasteiger partial charge in [-0.15, -0.1) is 0 Å². The van der Waals surface area contributed by atoms with E-state index in [9.17, 15) is 15.0 Å². The first-order chi connectivity index (χ1) is 11.1. The first-order valence-corrected chi connectivity index (χ1v) is 7.46. The lowest BCUT2D eigenvalue weighted by atomic mass is 9.95. The van der Waals surface area contributed by atoms with E-state index in [1.54, 1.807) is 13.0 Å². The number of nitrogens with zero attached hydrogens (tertiary/aromatic N) is 1. The number of pyridine rings is 1. The number of carboxylic acid groups (broad SMARTS) is 1. The number of hydrogen-bond acceptors (Lipinski definition) is 3. The first-order valence-electron chi connectivity index (χ1n) is 7.46. The number of aryl methyl sites for hydroxylation is 2. The van der Waals surface area contributed by atoms with Crippen molar-refractivity contribution < 1.29 is 15.0 Å². The molecule has 0 aliphatic carbocycles. The Kier molecular flexibility index (Phi) is 3.98. The van der Waals surface area contributed by atoms with Crippen LogP contribution in [-0.2, 0) is 12.8 Å². The molecule has 4 heteroatoms. The summed E-state index contributed by atoms with van der Waals surface area (Å²) in [5.74, 6) is -1.07. The van der Waals surface area contributed by atoms with E-state index >= 15 is 0 Å². The molecule has 0 spiro atoms. The summed E-state index contributed by atoms with van der Waals surface area (Å²) in [6.07, 6.45) is 1.49. The highest BCUT2D eigenvalue weighted by atomic mass is 16.4. The van der Waals surface area contributed by atoms with Crippen molar-refractivity contribution in [1.82, 2.24) is 4.98 Å². The standard InChI is InChI=1S/C19H17NO3/c1-12-14(11-10-13-6-3-2-4-7-13)15-8-5-9-16(21)18(15)20-17(12)19(22)23/h2-9,21H,10-11H2,1H3,(H,22,23). The number of aromatic carboxylic acids is 1. The molecule has 0 atom stereocenters. The van der Waals surface area contributed by atoms with Crippen LogP contribution >= 0.6 is 0 Å². The van der Waals surface area contributed by atoms with Crippen molar-refractivity contribution in [3.8, 4) is 5.75 Å². The summed E-state index contributed by atoms with van der Waals surface area (Å²) >= 11 is 0. The van der Waals surface area contributed by atoms with E-state index in [0.717, 1.165) is 17.4 Å². The number of fused-ring (bicyclic) bond motifs is 1. The normalized spacial score (nSPS) is 10.8. The number of benzene rings is 2. The zero-order chi connectivity index (χ0) is 16.4. The van der Waals surface area contributed by atoms with Crippen LogP contribution in [-0.4, -0.2) is 21.2 Å². The van der Waals surface area contributed by atoms with Gasteiger partial charge in [0.2, 0.25) is 0 Å². The lowest BCUT2D eigenvalue weighted by Crippen LogP contribution is -2.08. The molecule has 116 valence electrons. The van der Waals surface area contributed by atoms with E-state index in [4.69, 9.17) is 0 Å². The molecule has 3 aromatic rings. The summed E-state index contributed by atoms with van der Waals surface area (Å²) in [5, 5.41) is 20.2. The molecular formula is C19H17NO3. The minimum atomic E-state index is -1.08. The number of phenolic OH excluding ortho intramolecular Hbond substituents is 1. The molecular weight excluding hydrogens is 290 g/mol. The lowest BCUT2D eigenvalue weighted by molar-refractivity contribution is 0.0690. The third-order valence-electron chi connectivity index (χ3n) is 4.08. The van der Waals surface area contributed by atoms with E-state index in [2.05, 4.69) is 4.98 Å². The van der Waals surface area contributed by atoms with E-state index in [-0.39, 0.29) is 11.4 Å². The van der Waals surface area contributed by atoms with Crippen molar-refractivity contribution in [2.75, 3.05) is 0 Å². The fourth-order valence-corrected chi connectivity index (χ4v) is 2.88. The third kappa shape index (κ3) is 2.88. The maximum atomic E-state index is 11.5. The Morgan fingerprint density at radius 1 is 1.04 bits per heavy atom. The predicted octanol–water partition coefficient (Wildman–Crippen LogP) is 3.73. The van der Waals surface area contributed by atoms with E-state index < -0.39 is 5.97 Å². The Bertz CT molecular complexity index is 873. The van der Waals surface area contributed by atoms with E-state index in [0.29, 0.717) is 17.5 Å². The second kappa shape index (κ2) is 6.08. The lowest BCUT2D eigenvalue weighted by Gasteiger charge is -2.13. The Morgan fingerprint density at radius 2 is 1.78 bits per heavy atom. The summed E-state index contributed by atoms with van der Waals surface area (Å²) in [6, 6.07) is 15.2. The van der Waals surface area contributed by atoms with Crippen molar-refractivity contribution in [3.05, 3.63) is 70.9 Å². The highest BCUT2D eigenvalue weighted by Gasteiger charge is 2.18. The minimum Gasteiger partial charge on any atom is -0.506 e. The molecule has 0 amide bonds. The Labute approximate surface area is 134 Å². The molecule has 0 aliphatic heterocycles. The molecule has 3 rings (SSSR count). The zero-order valence-corrected chi connectivity index (χ0v) is 12.8. The van der Waals surface area contributed by atoms with Gasteiger partial charge in [-0.05, 0) is 42.5 Å². The van der Waals surface area contributed by atoms with Crippen LogP contribution < -0.4 is 0 Å². The summed E-state index contributed by atoms with van der Waals surface area (Å²) in [4.78, 5) is 15.6. The van der Waals surface area contributed by atoms with Gasteiger partial charge < -0.3 is 10.2 Å². The molecule has 0 saturated heterocycles. The number of hydrogen-bond donors (Lipinski definition) is 2. The van der Waals surface area contributed by atoms with Crippen LogP contribution in [0, 0.1) is 6.92 Å². The summed E-state index contributed by atoms with van der Waals surface area (Å²) < 4.78 is 0. The molecule has 2 N–H and O–H groups in total. The van der Waals surface area contributed by atoms with E-state index in [1.165, 1.54) is 11.6 Å². The molecule has 1 aromatic heterocycles. The number of phenols is 1. The number of aromatic hydroxyl groups is 1. The number of aromatic nitrogens is 1. The van der Waals surface area contributed by atoms with Crippen LogP contribution in [0.15, 0.2) is 48.5 Å². The maximum Gasteiger partial charge on any atom is 0.354 e. The Balaban J connectivity index is 2.11. The van der Waals surface area contributed by atoms with Gasteiger partial charge in [0, 0.05) is 5.39 Å².